The van der Waals surface area contributed by atoms with E-state index in [-0.39, 0.29) is 0 Å². The lowest BCUT2D eigenvalue weighted by atomic mass is 9.79. The Morgan fingerprint density at radius 3 is 2.79 bits per heavy atom. The van der Waals surface area contributed by atoms with Gasteiger partial charge < -0.3 is 10.0 Å². The Morgan fingerprint density at radius 2 is 2.14 bits per heavy atom. The van der Waals surface area contributed by atoms with Gasteiger partial charge in [0.05, 0.1) is 0 Å². The molecule has 0 bridgehead atoms. The molecular weight excluding hydrogens is 218 g/mol. The second-order valence-corrected chi connectivity index (χ2v) is 4.43. The maximum absolute atomic E-state index is 9.22. The molecule has 2 aromatic rings. The highest BCUT2D eigenvalue weighted by Crippen LogP contribution is 2.25. The Hall–Kier alpha value is -0.545. The van der Waals surface area contributed by atoms with Crippen molar-refractivity contribution >= 4 is 45.6 Å². The van der Waals surface area contributed by atoms with Gasteiger partial charge in [0.2, 0.25) is 0 Å². The molecule has 14 heavy (non-hydrogen) atoms. The number of fused-ring (bicyclic) bond motifs is 1. The summed E-state index contributed by atoms with van der Waals surface area (Å²) in [6.07, 6.45) is 0. The van der Waals surface area contributed by atoms with E-state index in [0.29, 0.717) is 10.5 Å². The molecule has 2 N–H and O–H groups in total. The zero-order valence-electron chi connectivity index (χ0n) is 7.49. The molecule has 0 aliphatic carbocycles. The summed E-state index contributed by atoms with van der Waals surface area (Å²) in [4.78, 5) is 0. The zero-order chi connectivity index (χ0) is 10.3. The molecule has 0 fully saturated rings. The van der Waals surface area contributed by atoms with E-state index in [1.54, 1.807) is 0 Å². The molecule has 72 valence electrons. The minimum Gasteiger partial charge on any atom is -0.423 e. The SMILES string of the molecule is Cc1cc2ccsc2c(B(O)O)c1Cl. The molecule has 2 nitrogen and oxygen atoms in total. The van der Waals surface area contributed by atoms with E-state index in [0.717, 1.165) is 15.6 Å². The number of rotatable bonds is 1. The van der Waals surface area contributed by atoms with Crippen molar-refractivity contribution in [2.45, 2.75) is 6.92 Å². The predicted octanol–water partition coefficient (Wildman–Crippen LogP) is 1.54. The van der Waals surface area contributed by atoms with Gasteiger partial charge in [0.15, 0.2) is 0 Å². The highest BCUT2D eigenvalue weighted by molar-refractivity contribution is 7.18. The van der Waals surface area contributed by atoms with Crippen LogP contribution in [0.3, 0.4) is 0 Å². The fraction of sp³-hybridized carbons (Fsp3) is 0.111. The molecule has 0 radical (unpaired) electrons. The Balaban J connectivity index is 2.86. The first-order valence-electron chi connectivity index (χ1n) is 4.13. The first-order valence-corrected chi connectivity index (χ1v) is 5.39. The van der Waals surface area contributed by atoms with Gasteiger partial charge in [-0.25, -0.2) is 0 Å². The second-order valence-electron chi connectivity index (χ2n) is 3.13. The smallest absolute Gasteiger partial charge is 0.423 e. The van der Waals surface area contributed by atoms with Crippen LogP contribution in [0.4, 0.5) is 0 Å². The Morgan fingerprint density at radius 1 is 1.43 bits per heavy atom. The van der Waals surface area contributed by atoms with Crippen LogP contribution in [-0.4, -0.2) is 17.2 Å². The van der Waals surface area contributed by atoms with Crippen LogP contribution in [-0.2, 0) is 0 Å². The Bertz CT molecular complexity index is 481. The third-order valence-electron chi connectivity index (χ3n) is 2.15. The minimum absolute atomic E-state index is 0.414. The van der Waals surface area contributed by atoms with E-state index >= 15 is 0 Å². The van der Waals surface area contributed by atoms with Crippen molar-refractivity contribution in [1.82, 2.24) is 0 Å². The molecule has 1 aromatic carbocycles. The molecule has 0 unspecified atom stereocenters. The molecule has 5 heteroatoms. The van der Waals surface area contributed by atoms with Crippen LogP contribution in [0.15, 0.2) is 17.5 Å². The molecule has 0 spiro atoms. The summed E-state index contributed by atoms with van der Waals surface area (Å²) in [5.41, 5.74) is 1.28. The van der Waals surface area contributed by atoms with E-state index in [2.05, 4.69) is 0 Å². The first-order chi connectivity index (χ1) is 6.61. The van der Waals surface area contributed by atoms with Crippen molar-refractivity contribution in [3.63, 3.8) is 0 Å². The number of aryl methyl sites for hydroxylation is 1. The molecule has 1 heterocycles. The van der Waals surface area contributed by atoms with Crippen molar-refractivity contribution in [1.29, 1.82) is 0 Å². The molecule has 0 saturated heterocycles. The largest absolute Gasteiger partial charge is 0.491 e. The maximum Gasteiger partial charge on any atom is 0.491 e. The lowest BCUT2D eigenvalue weighted by Crippen LogP contribution is -2.31. The second kappa shape index (κ2) is 3.55. The predicted molar refractivity (Wildman–Crippen MR) is 61.4 cm³/mol. The van der Waals surface area contributed by atoms with Gasteiger partial charge in [0.1, 0.15) is 0 Å². The van der Waals surface area contributed by atoms with Crippen molar-refractivity contribution < 1.29 is 10.0 Å². The van der Waals surface area contributed by atoms with Crippen molar-refractivity contribution in [2.24, 2.45) is 0 Å². The fourth-order valence-corrected chi connectivity index (χ4v) is 2.74. The van der Waals surface area contributed by atoms with Crippen LogP contribution in [0.1, 0.15) is 5.56 Å². The normalized spacial score (nSPS) is 10.9. The molecule has 0 saturated carbocycles. The number of hydrogen-bond acceptors (Lipinski definition) is 3. The van der Waals surface area contributed by atoms with E-state index in [1.165, 1.54) is 11.3 Å². The zero-order valence-corrected chi connectivity index (χ0v) is 9.06. The first kappa shape index (κ1) is 9.99. The number of halogens is 1. The summed E-state index contributed by atoms with van der Waals surface area (Å²) in [6.45, 7) is 1.85. The molecule has 0 aliphatic rings. The number of hydrogen-bond donors (Lipinski definition) is 2. The van der Waals surface area contributed by atoms with Crippen LogP contribution in [0.5, 0.6) is 0 Å². The van der Waals surface area contributed by atoms with Crippen molar-refractivity contribution in [3.8, 4) is 0 Å². The maximum atomic E-state index is 9.22. The van der Waals surface area contributed by atoms with Gasteiger partial charge in [-0.15, -0.1) is 11.3 Å². The molecular formula is C9H8BClO2S. The molecule has 0 aliphatic heterocycles. The van der Waals surface area contributed by atoms with Crippen molar-refractivity contribution in [3.05, 3.63) is 28.1 Å². The highest BCUT2D eigenvalue weighted by Gasteiger charge is 2.21. The highest BCUT2D eigenvalue weighted by atomic mass is 35.5. The van der Waals surface area contributed by atoms with Gasteiger partial charge in [0.25, 0.3) is 0 Å². The topological polar surface area (TPSA) is 40.5 Å². The molecule has 1 aromatic heterocycles. The summed E-state index contributed by atoms with van der Waals surface area (Å²) in [5, 5.41) is 21.8. The van der Waals surface area contributed by atoms with E-state index < -0.39 is 7.12 Å². The van der Waals surface area contributed by atoms with Gasteiger partial charge in [0, 0.05) is 15.2 Å². The third kappa shape index (κ3) is 1.44. The molecule has 0 atom stereocenters. The van der Waals surface area contributed by atoms with Crippen molar-refractivity contribution in [2.75, 3.05) is 0 Å². The summed E-state index contributed by atoms with van der Waals surface area (Å²) in [5.74, 6) is 0. The lowest BCUT2D eigenvalue weighted by molar-refractivity contribution is 0.426. The van der Waals surface area contributed by atoms with E-state index in [9.17, 15) is 10.0 Å². The average molecular weight is 226 g/mol. The minimum atomic E-state index is -1.51. The van der Waals surface area contributed by atoms with Crippen LogP contribution in [0, 0.1) is 6.92 Å². The standard InChI is InChI=1S/C9H8BClO2S/c1-5-4-6-2-3-14-9(6)7(8(5)11)10(12)13/h2-4,12-13H,1H3. The van der Waals surface area contributed by atoms with Crippen LogP contribution in [0.25, 0.3) is 10.1 Å². The van der Waals surface area contributed by atoms with Gasteiger partial charge in [-0.1, -0.05) is 11.6 Å². The summed E-state index contributed by atoms with van der Waals surface area (Å²) in [6, 6.07) is 3.88. The van der Waals surface area contributed by atoms with Gasteiger partial charge in [-0.05, 0) is 35.4 Å². The quantitative estimate of drug-likeness (QED) is 0.724. The summed E-state index contributed by atoms with van der Waals surface area (Å²) < 4.78 is 0.843. The summed E-state index contributed by atoms with van der Waals surface area (Å²) in [7, 11) is -1.51. The third-order valence-corrected chi connectivity index (χ3v) is 3.62. The lowest BCUT2D eigenvalue weighted by Gasteiger charge is -2.07. The van der Waals surface area contributed by atoms with Gasteiger partial charge in [-0.2, -0.15) is 0 Å². The number of benzene rings is 1. The monoisotopic (exact) mass is 226 g/mol. The molecule has 2 rings (SSSR count). The summed E-state index contributed by atoms with van der Waals surface area (Å²) >= 11 is 7.47. The van der Waals surface area contributed by atoms with Gasteiger partial charge in [-0.3, -0.25) is 0 Å². The van der Waals surface area contributed by atoms with Crippen LogP contribution in [0.2, 0.25) is 5.02 Å². The average Bonchev–Trinajstić information content (AvgIpc) is 2.52. The van der Waals surface area contributed by atoms with Gasteiger partial charge >= 0.3 is 7.12 Å². The Labute approximate surface area is 90.9 Å². The van der Waals surface area contributed by atoms with Crippen LogP contribution >= 0.6 is 22.9 Å². The Kier molecular flexibility index (Phi) is 2.53. The number of thiophene rings is 1. The van der Waals surface area contributed by atoms with E-state index in [1.807, 2.05) is 24.4 Å². The van der Waals surface area contributed by atoms with Crippen LogP contribution < -0.4 is 5.46 Å². The van der Waals surface area contributed by atoms with E-state index in [4.69, 9.17) is 11.6 Å². The molecule has 0 amide bonds. The fourth-order valence-electron chi connectivity index (χ4n) is 1.49.